The van der Waals surface area contributed by atoms with Gasteiger partial charge in [-0.15, -0.1) is 0 Å². The fourth-order valence-electron chi connectivity index (χ4n) is 3.20. The predicted molar refractivity (Wildman–Crippen MR) is 135 cm³/mol. The van der Waals surface area contributed by atoms with Crippen molar-refractivity contribution in [3.8, 4) is 5.75 Å². The van der Waals surface area contributed by atoms with Crippen molar-refractivity contribution in [2.75, 3.05) is 13.7 Å². The van der Waals surface area contributed by atoms with Crippen LogP contribution in [-0.2, 0) is 20.7 Å². The second-order valence-corrected chi connectivity index (χ2v) is 8.18. The topological polar surface area (TPSA) is 116 Å². The number of carbonyl (C=O) groups is 1. The molecule has 3 N–H and O–H groups in total. The number of halogens is 1. The third-order valence-electron chi connectivity index (χ3n) is 5.22. The molecular formula is C25H34FN5O4. The van der Waals surface area contributed by atoms with E-state index in [1.807, 2.05) is 32.9 Å². The van der Waals surface area contributed by atoms with E-state index in [0.717, 1.165) is 28.2 Å². The second-order valence-electron chi connectivity index (χ2n) is 8.18. The monoisotopic (exact) mass is 487 g/mol. The molecule has 10 heteroatoms. The summed E-state index contributed by atoms with van der Waals surface area (Å²) in [6, 6.07) is 1.32. The summed E-state index contributed by atoms with van der Waals surface area (Å²) in [5.41, 5.74) is 10.3. The van der Waals surface area contributed by atoms with Crippen LogP contribution in [0.5, 0.6) is 5.75 Å². The lowest BCUT2D eigenvalue weighted by Crippen LogP contribution is -2.33. The van der Waals surface area contributed by atoms with Gasteiger partial charge in [0.05, 0.1) is 13.3 Å². The smallest absolute Gasteiger partial charge is 0.323 e. The highest BCUT2D eigenvalue weighted by Gasteiger charge is 2.16. The molecule has 0 bridgehead atoms. The van der Waals surface area contributed by atoms with Crippen LogP contribution >= 0.6 is 0 Å². The number of aliphatic imine (C=N–C) groups is 1. The summed E-state index contributed by atoms with van der Waals surface area (Å²) in [5.74, 6) is 0.324. The average Bonchev–Trinajstić information content (AvgIpc) is 3.24. The van der Waals surface area contributed by atoms with Crippen molar-refractivity contribution in [2.45, 2.75) is 53.2 Å². The summed E-state index contributed by atoms with van der Waals surface area (Å²) in [6.07, 6.45) is 6.50. The van der Waals surface area contributed by atoms with E-state index in [-0.39, 0.29) is 18.5 Å². The summed E-state index contributed by atoms with van der Waals surface area (Å²) in [7, 11) is 1.48. The van der Waals surface area contributed by atoms with E-state index in [1.54, 1.807) is 30.8 Å². The molecule has 3 rings (SSSR count). The van der Waals surface area contributed by atoms with E-state index >= 15 is 0 Å². The number of rotatable bonds is 8. The number of nitrogens with one attached hydrogen (secondary N) is 1. The van der Waals surface area contributed by atoms with Crippen LogP contribution in [0.2, 0.25) is 0 Å². The molecule has 0 fully saturated rings. The van der Waals surface area contributed by atoms with Gasteiger partial charge in [0.25, 0.3) is 0 Å². The molecule has 2 aromatic heterocycles. The van der Waals surface area contributed by atoms with Gasteiger partial charge in [-0.3, -0.25) is 9.79 Å². The highest BCUT2D eigenvalue weighted by molar-refractivity contribution is 5.75. The zero-order valence-electron chi connectivity index (χ0n) is 21.1. The maximum atomic E-state index is 13.5. The normalized spacial score (nSPS) is 14.5. The van der Waals surface area contributed by atoms with Crippen LogP contribution in [0, 0.1) is 20.8 Å². The van der Waals surface area contributed by atoms with Gasteiger partial charge in [0.1, 0.15) is 36.7 Å². The van der Waals surface area contributed by atoms with Gasteiger partial charge >= 0.3 is 5.97 Å². The molecule has 0 spiro atoms. The first-order valence-electron chi connectivity index (χ1n) is 11.1. The number of nitrogens with zero attached hydrogens (tertiary/aromatic N) is 3. The molecule has 0 saturated heterocycles. The Hall–Kier alpha value is -3.66. The number of ether oxygens (including phenoxy) is 3. The number of carbonyl (C=O) groups excluding carboxylic acids is 1. The molecule has 1 aliphatic rings. The average molecular weight is 488 g/mol. The lowest BCUT2D eigenvalue weighted by Gasteiger charge is -2.15. The molecule has 0 aromatic carbocycles. The molecule has 1 aliphatic carbocycles. The van der Waals surface area contributed by atoms with Crippen molar-refractivity contribution >= 4 is 25.1 Å². The molecule has 0 aliphatic heterocycles. The summed E-state index contributed by atoms with van der Waals surface area (Å²) in [6.45, 7) is 12.7. The number of aryl methyl sites for hydroxylation is 1. The lowest BCUT2D eigenvalue weighted by atomic mass is 10.2. The second kappa shape index (κ2) is 12.7. The van der Waals surface area contributed by atoms with Gasteiger partial charge < -0.3 is 24.9 Å². The van der Waals surface area contributed by atoms with Gasteiger partial charge in [-0.2, -0.15) is 5.10 Å². The third kappa shape index (κ3) is 7.68. The van der Waals surface area contributed by atoms with E-state index in [4.69, 9.17) is 19.9 Å². The Bertz CT molecular complexity index is 1130. The Morgan fingerprint density at radius 3 is 2.69 bits per heavy atom. The van der Waals surface area contributed by atoms with Crippen LogP contribution in [0.1, 0.15) is 42.1 Å². The van der Waals surface area contributed by atoms with Crippen LogP contribution in [0.15, 0.2) is 40.0 Å². The highest BCUT2D eigenvalue weighted by atomic mass is 19.1. The molecule has 0 amide bonds. The number of nitrogens with two attached hydrogens (primary N) is 1. The Balaban J connectivity index is 0.000000266. The number of H-pyrrole nitrogens is 1. The Kier molecular flexibility index (Phi) is 10.0. The molecule has 1 unspecified atom stereocenters. The SMILES string of the molecule is C=N/C=N\n1cc(OC[C@@H](C)OC(=O)C(C)N)c(C)c1C.COC1=C(F)Cc2cc(C)[nH]c2C=C1. The number of hydrogen-bond donors (Lipinski definition) is 2. The van der Waals surface area contributed by atoms with E-state index in [2.05, 4.69) is 21.8 Å². The third-order valence-corrected chi connectivity index (χ3v) is 5.22. The molecule has 2 atom stereocenters. The zero-order chi connectivity index (χ0) is 26.1. The summed E-state index contributed by atoms with van der Waals surface area (Å²) in [4.78, 5) is 18.1. The van der Waals surface area contributed by atoms with Crippen LogP contribution < -0.4 is 10.5 Å². The molecule has 35 heavy (non-hydrogen) atoms. The number of aromatic nitrogens is 2. The summed E-state index contributed by atoms with van der Waals surface area (Å²) >= 11 is 0. The maximum absolute atomic E-state index is 13.5. The summed E-state index contributed by atoms with van der Waals surface area (Å²) < 4.78 is 30.8. The molecule has 2 heterocycles. The van der Waals surface area contributed by atoms with Gasteiger partial charge in [0.15, 0.2) is 5.76 Å². The number of allylic oxidation sites excluding steroid dienone is 2. The van der Waals surface area contributed by atoms with Gasteiger partial charge in [0.2, 0.25) is 0 Å². The fourth-order valence-corrected chi connectivity index (χ4v) is 3.20. The number of aromatic amines is 1. The number of hydrogen-bond acceptors (Lipinski definition) is 6. The minimum absolute atomic E-state index is 0.221. The zero-order valence-corrected chi connectivity index (χ0v) is 21.1. The first-order chi connectivity index (χ1) is 16.6. The van der Waals surface area contributed by atoms with Crippen molar-refractivity contribution in [2.24, 2.45) is 15.8 Å². The minimum Gasteiger partial charge on any atom is -0.494 e. The number of fused-ring (bicyclic) bond motifs is 1. The minimum atomic E-state index is -0.641. The molecule has 0 saturated carbocycles. The van der Waals surface area contributed by atoms with Crippen molar-refractivity contribution in [1.29, 1.82) is 0 Å². The fraction of sp³-hybridized carbons (Fsp3) is 0.400. The van der Waals surface area contributed by atoms with E-state index in [1.165, 1.54) is 13.4 Å². The van der Waals surface area contributed by atoms with Crippen LogP contribution in [0.3, 0.4) is 0 Å². The lowest BCUT2D eigenvalue weighted by molar-refractivity contribution is -0.150. The van der Waals surface area contributed by atoms with Gasteiger partial charge in [-0.25, -0.2) is 9.07 Å². The Morgan fingerprint density at radius 2 is 2.06 bits per heavy atom. The van der Waals surface area contributed by atoms with Gasteiger partial charge in [-0.05, 0) is 65.1 Å². The first kappa shape index (κ1) is 27.6. The van der Waals surface area contributed by atoms with Crippen molar-refractivity contribution < 1.29 is 23.4 Å². The van der Waals surface area contributed by atoms with Crippen molar-refractivity contribution in [1.82, 2.24) is 9.66 Å². The van der Waals surface area contributed by atoms with Crippen LogP contribution in [0.4, 0.5) is 4.39 Å². The number of esters is 1. The maximum Gasteiger partial charge on any atom is 0.323 e. The largest absolute Gasteiger partial charge is 0.494 e. The van der Waals surface area contributed by atoms with Gasteiger partial charge in [-0.1, -0.05) is 0 Å². The van der Waals surface area contributed by atoms with Crippen molar-refractivity contribution in [3.63, 3.8) is 0 Å². The molecule has 2 aromatic rings. The first-order valence-corrected chi connectivity index (χ1v) is 11.1. The van der Waals surface area contributed by atoms with E-state index in [9.17, 15) is 9.18 Å². The van der Waals surface area contributed by atoms with E-state index in [0.29, 0.717) is 17.9 Å². The molecule has 9 nitrogen and oxygen atoms in total. The quantitative estimate of drug-likeness (QED) is 0.332. The standard InChI is InChI=1S/C14H22N4O3.C11H12FNO/c1-9(21-14(19)11(3)15)7-20-13-6-18(17-8-16-5)12(4)10(13)2;1-7-5-8-6-9(12)11(14-2)4-3-10(8)13-7/h6,8-9,11H,5,7,15H2,1-4H3;3-5,13H,6H2,1-2H3/b17-8-;/t9-,11?;/m1./s1. The summed E-state index contributed by atoms with van der Waals surface area (Å²) in [5, 5.41) is 4.09. The Morgan fingerprint density at radius 1 is 1.34 bits per heavy atom. The molecule has 190 valence electrons. The highest BCUT2D eigenvalue weighted by Crippen LogP contribution is 2.25. The van der Waals surface area contributed by atoms with Gasteiger partial charge in [0, 0.05) is 29.1 Å². The Labute approximate surface area is 205 Å². The number of methoxy groups -OCH3 is 1. The predicted octanol–water partition coefficient (Wildman–Crippen LogP) is 3.97. The van der Waals surface area contributed by atoms with Crippen LogP contribution in [-0.4, -0.2) is 54.5 Å². The van der Waals surface area contributed by atoms with E-state index < -0.39 is 12.0 Å². The molecular weight excluding hydrogens is 453 g/mol. The molecule has 0 radical (unpaired) electrons. The van der Waals surface area contributed by atoms with Crippen molar-refractivity contribution in [3.05, 3.63) is 58.1 Å². The van der Waals surface area contributed by atoms with Crippen LogP contribution in [0.25, 0.3) is 6.08 Å².